The Morgan fingerprint density at radius 1 is 1.00 bits per heavy atom. The van der Waals surface area contributed by atoms with Crippen molar-refractivity contribution in [3.63, 3.8) is 0 Å². The Bertz CT molecular complexity index is 246. The molecule has 0 unspecified atom stereocenters. The molecule has 0 aromatic rings. The molecule has 1 aliphatic rings. The van der Waals surface area contributed by atoms with E-state index in [-0.39, 0.29) is 10.8 Å². The first-order valence-electron chi connectivity index (χ1n) is 6.02. The zero-order valence-electron chi connectivity index (χ0n) is 11.4. The largest absolute Gasteiger partial charge is 0.299 e. The van der Waals surface area contributed by atoms with Gasteiger partial charge in [-0.3, -0.25) is 4.79 Å². The average molecular weight is 210 g/mol. The lowest BCUT2D eigenvalue weighted by atomic mass is 9.56. The summed E-state index contributed by atoms with van der Waals surface area (Å²) in [5, 5.41) is 0. The number of rotatable bonds is 0. The second kappa shape index (κ2) is 3.33. The Kier molecular flexibility index (Phi) is 2.83. The first kappa shape index (κ1) is 12.7. The Morgan fingerprint density at radius 3 is 1.60 bits per heavy atom. The van der Waals surface area contributed by atoms with Gasteiger partial charge in [0.2, 0.25) is 0 Å². The Hall–Kier alpha value is -0.330. The van der Waals surface area contributed by atoms with Crippen molar-refractivity contribution in [3.8, 4) is 0 Å². The Balaban J connectivity index is 3.00. The van der Waals surface area contributed by atoms with E-state index in [0.29, 0.717) is 17.1 Å². The lowest BCUT2D eigenvalue weighted by Gasteiger charge is -2.47. The molecule has 0 N–H and O–H groups in total. The second-order valence-electron chi connectivity index (χ2n) is 7.57. The molecule has 15 heavy (non-hydrogen) atoms. The minimum absolute atomic E-state index is 0.139. The molecule has 0 spiro atoms. The van der Waals surface area contributed by atoms with E-state index in [9.17, 15) is 4.79 Å². The molecule has 0 heterocycles. The van der Waals surface area contributed by atoms with Gasteiger partial charge >= 0.3 is 0 Å². The van der Waals surface area contributed by atoms with E-state index in [2.05, 4.69) is 48.5 Å². The molecule has 88 valence electrons. The van der Waals surface area contributed by atoms with E-state index >= 15 is 0 Å². The minimum atomic E-state index is -0.139. The predicted molar refractivity (Wildman–Crippen MR) is 64.7 cm³/mol. The zero-order valence-corrected chi connectivity index (χ0v) is 11.4. The van der Waals surface area contributed by atoms with Crippen molar-refractivity contribution in [2.45, 2.75) is 61.3 Å². The molecule has 0 aliphatic heterocycles. The van der Waals surface area contributed by atoms with Crippen molar-refractivity contribution >= 4 is 5.78 Å². The van der Waals surface area contributed by atoms with E-state index in [1.165, 1.54) is 0 Å². The van der Waals surface area contributed by atoms with E-state index in [1.807, 2.05) is 0 Å². The van der Waals surface area contributed by atoms with Crippen molar-refractivity contribution in [1.82, 2.24) is 0 Å². The SMILES string of the molecule is CC1(C)CC(C(C)(C)C)CC(C)(C)C1=O. The van der Waals surface area contributed by atoms with Gasteiger partial charge in [0.25, 0.3) is 0 Å². The molecule has 0 aromatic carbocycles. The highest BCUT2D eigenvalue weighted by Gasteiger charge is 2.48. The van der Waals surface area contributed by atoms with Crippen LogP contribution in [0.3, 0.4) is 0 Å². The minimum Gasteiger partial charge on any atom is -0.299 e. The van der Waals surface area contributed by atoms with Gasteiger partial charge in [-0.15, -0.1) is 0 Å². The van der Waals surface area contributed by atoms with E-state index in [0.717, 1.165) is 12.8 Å². The summed E-state index contributed by atoms with van der Waals surface area (Å²) in [4.78, 5) is 12.2. The van der Waals surface area contributed by atoms with Crippen molar-refractivity contribution in [3.05, 3.63) is 0 Å². The fourth-order valence-electron chi connectivity index (χ4n) is 3.02. The van der Waals surface area contributed by atoms with Crippen LogP contribution in [0.25, 0.3) is 0 Å². The van der Waals surface area contributed by atoms with Crippen LogP contribution in [0.2, 0.25) is 0 Å². The number of ketones is 1. The van der Waals surface area contributed by atoms with Gasteiger partial charge in [0, 0.05) is 10.8 Å². The van der Waals surface area contributed by atoms with Gasteiger partial charge < -0.3 is 0 Å². The van der Waals surface area contributed by atoms with Crippen LogP contribution in [0, 0.1) is 22.2 Å². The standard InChI is InChI=1S/C14H26O/c1-12(2,3)10-8-13(4,5)11(15)14(6,7)9-10/h10H,8-9H2,1-7H3. The summed E-state index contributed by atoms with van der Waals surface area (Å²) in [5.41, 5.74) is 0.0363. The summed E-state index contributed by atoms with van der Waals surface area (Å²) in [7, 11) is 0. The highest BCUT2D eigenvalue weighted by molar-refractivity contribution is 5.89. The van der Waals surface area contributed by atoms with Crippen LogP contribution < -0.4 is 0 Å². The third kappa shape index (κ3) is 2.43. The fourth-order valence-corrected chi connectivity index (χ4v) is 3.02. The van der Waals surface area contributed by atoms with Crippen molar-refractivity contribution in [2.24, 2.45) is 22.2 Å². The predicted octanol–water partition coefficient (Wildman–Crippen LogP) is 4.06. The van der Waals surface area contributed by atoms with Crippen molar-refractivity contribution in [2.75, 3.05) is 0 Å². The van der Waals surface area contributed by atoms with Crippen LogP contribution >= 0.6 is 0 Å². The molecule has 1 fully saturated rings. The molecular formula is C14H26O. The normalized spacial score (nSPS) is 26.7. The smallest absolute Gasteiger partial charge is 0.144 e. The monoisotopic (exact) mass is 210 g/mol. The molecule has 1 nitrogen and oxygen atoms in total. The summed E-state index contributed by atoms with van der Waals surface area (Å²) in [6.07, 6.45) is 2.08. The Morgan fingerprint density at radius 2 is 1.33 bits per heavy atom. The van der Waals surface area contributed by atoms with Crippen LogP contribution in [0.4, 0.5) is 0 Å². The fraction of sp³-hybridized carbons (Fsp3) is 0.929. The molecule has 1 heteroatoms. The van der Waals surface area contributed by atoms with E-state index < -0.39 is 0 Å². The lowest BCUT2D eigenvalue weighted by molar-refractivity contribution is -0.144. The average Bonchev–Trinajstić information content (AvgIpc) is 1.97. The zero-order chi connectivity index (χ0) is 12.1. The first-order valence-corrected chi connectivity index (χ1v) is 6.02. The maximum atomic E-state index is 12.2. The number of hydrogen-bond donors (Lipinski definition) is 0. The Labute approximate surface area is 94.6 Å². The van der Waals surface area contributed by atoms with Gasteiger partial charge in [-0.05, 0) is 24.2 Å². The van der Waals surface area contributed by atoms with E-state index in [4.69, 9.17) is 0 Å². The summed E-state index contributed by atoms with van der Waals surface area (Å²) < 4.78 is 0. The van der Waals surface area contributed by atoms with Gasteiger partial charge in [-0.1, -0.05) is 48.5 Å². The molecule has 1 aliphatic carbocycles. The van der Waals surface area contributed by atoms with Crippen LogP contribution in [-0.4, -0.2) is 5.78 Å². The summed E-state index contributed by atoms with van der Waals surface area (Å²) >= 11 is 0. The van der Waals surface area contributed by atoms with Gasteiger partial charge in [-0.2, -0.15) is 0 Å². The summed E-state index contributed by atoms with van der Waals surface area (Å²) in [6.45, 7) is 15.3. The number of hydrogen-bond acceptors (Lipinski definition) is 1. The van der Waals surface area contributed by atoms with Crippen LogP contribution in [0.5, 0.6) is 0 Å². The summed E-state index contributed by atoms with van der Waals surface area (Å²) in [6, 6.07) is 0. The highest BCUT2D eigenvalue weighted by Crippen LogP contribution is 2.50. The molecule has 0 saturated heterocycles. The molecule has 1 saturated carbocycles. The summed E-state index contributed by atoms with van der Waals surface area (Å²) in [5.74, 6) is 1.09. The molecule has 0 aromatic heterocycles. The van der Waals surface area contributed by atoms with Gasteiger partial charge in [-0.25, -0.2) is 0 Å². The number of carbonyl (C=O) groups is 1. The van der Waals surface area contributed by atoms with Gasteiger partial charge in [0.1, 0.15) is 5.78 Å². The first-order chi connectivity index (χ1) is 6.47. The van der Waals surface area contributed by atoms with Crippen molar-refractivity contribution < 1.29 is 4.79 Å². The van der Waals surface area contributed by atoms with Crippen LogP contribution in [0.15, 0.2) is 0 Å². The van der Waals surface area contributed by atoms with Gasteiger partial charge in [0.15, 0.2) is 0 Å². The maximum absolute atomic E-state index is 12.2. The third-order valence-corrected chi connectivity index (χ3v) is 3.97. The quantitative estimate of drug-likeness (QED) is 0.589. The van der Waals surface area contributed by atoms with Gasteiger partial charge in [0.05, 0.1) is 0 Å². The highest BCUT2D eigenvalue weighted by atomic mass is 16.1. The maximum Gasteiger partial charge on any atom is 0.144 e. The van der Waals surface area contributed by atoms with Crippen molar-refractivity contribution in [1.29, 1.82) is 0 Å². The lowest BCUT2D eigenvalue weighted by Crippen LogP contribution is -2.47. The van der Waals surface area contributed by atoms with Crippen LogP contribution in [-0.2, 0) is 4.79 Å². The molecule has 0 amide bonds. The second-order valence-corrected chi connectivity index (χ2v) is 7.57. The molecule has 0 bridgehead atoms. The number of carbonyl (C=O) groups excluding carboxylic acids is 1. The third-order valence-electron chi connectivity index (χ3n) is 3.97. The molecule has 0 atom stereocenters. The molecule has 1 rings (SSSR count). The number of Topliss-reactive ketones (excluding diaryl/α,β-unsaturated/α-hetero) is 1. The molecule has 0 radical (unpaired) electrons. The van der Waals surface area contributed by atoms with Crippen LogP contribution in [0.1, 0.15) is 61.3 Å². The molecular weight excluding hydrogens is 184 g/mol. The topological polar surface area (TPSA) is 17.1 Å². The van der Waals surface area contributed by atoms with E-state index in [1.54, 1.807) is 0 Å².